The third-order valence-electron chi connectivity index (χ3n) is 2.78. The highest BCUT2D eigenvalue weighted by Gasteiger charge is 2.33. The van der Waals surface area contributed by atoms with Gasteiger partial charge >= 0.3 is 0 Å². The van der Waals surface area contributed by atoms with Crippen molar-refractivity contribution in [2.75, 3.05) is 20.3 Å². The first-order valence-corrected chi connectivity index (χ1v) is 5.68. The van der Waals surface area contributed by atoms with Crippen LogP contribution in [0.3, 0.4) is 0 Å². The number of pyridine rings is 1. The Hall–Kier alpha value is -1.62. The third kappa shape index (κ3) is 2.55. The van der Waals surface area contributed by atoms with Gasteiger partial charge in [0.1, 0.15) is 5.56 Å². The van der Waals surface area contributed by atoms with Gasteiger partial charge in [-0.2, -0.15) is 0 Å². The van der Waals surface area contributed by atoms with Crippen LogP contribution in [-0.2, 0) is 0 Å². The van der Waals surface area contributed by atoms with E-state index in [9.17, 15) is 4.79 Å². The molecule has 5 nitrogen and oxygen atoms in total. The minimum Gasteiger partial charge on any atom is -0.480 e. The van der Waals surface area contributed by atoms with Crippen LogP contribution in [0.1, 0.15) is 23.2 Å². The number of carbonyl (C=O) groups is 1. The number of nitrogens with zero attached hydrogens (tertiary/aromatic N) is 2. The molecule has 1 fully saturated rings. The molecular formula is C12H16N2O3. The van der Waals surface area contributed by atoms with E-state index in [1.807, 2.05) is 0 Å². The molecule has 2 rings (SSSR count). The van der Waals surface area contributed by atoms with E-state index in [1.165, 1.54) is 7.11 Å². The number of hydrogen-bond donors (Lipinski definition) is 1. The summed E-state index contributed by atoms with van der Waals surface area (Å²) in [7, 11) is 1.49. The lowest BCUT2D eigenvalue weighted by Crippen LogP contribution is -2.35. The zero-order valence-electron chi connectivity index (χ0n) is 9.80. The summed E-state index contributed by atoms with van der Waals surface area (Å²) in [5.74, 6) is 0.215. The van der Waals surface area contributed by atoms with E-state index in [1.54, 1.807) is 23.2 Å². The number of ether oxygens (including phenoxy) is 1. The van der Waals surface area contributed by atoms with Gasteiger partial charge in [-0.15, -0.1) is 0 Å². The molecule has 1 saturated carbocycles. The van der Waals surface area contributed by atoms with E-state index in [4.69, 9.17) is 9.84 Å². The highest BCUT2D eigenvalue weighted by Crippen LogP contribution is 2.29. The second-order valence-corrected chi connectivity index (χ2v) is 4.01. The molecule has 1 aliphatic rings. The minimum atomic E-state index is -0.119. The van der Waals surface area contributed by atoms with Crippen molar-refractivity contribution in [3.05, 3.63) is 23.9 Å². The molecule has 92 valence electrons. The average molecular weight is 236 g/mol. The second kappa shape index (κ2) is 5.14. The molecule has 1 N–H and O–H groups in total. The van der Waals surface area contributed by atoms with Gasteiger partial charge in [-0.25, -0.2) is 4.98 Å². The predicted molar refractivity (Wildman–Crippen MR) is 61.9 cm³/mol. The van der Waals surface area contributed by atoms with Gasteiger partial charge in [-0.05, 0) is 25.0 Å². The molecular weight excluding hydrogens is 220 g/mol. The van der Waals surface area contributed by atoms with Crippen molar-refractivity contribution in [2.24, 2.45) is 0 Å². The Morgan fingerprint density at radius 3 is 3.00 bits per heavy atom. The SMILES string of the molecule is COc1ncccc1C(=O)N(CCO)C1CC1. The fraction of sp³-hybridized carbons (Fsp3) is 0.500. The lowest BCUT2D eigenvalue weighted by atomic mass is 10.2. The number of carbonyl (C=O) groups excluding carboxylic acids is 1. The van der Waals surface area contributed by atoms with E-state index >= 15 is 0 Å². The summed E-state index contributed by atoms with van der Waals surface area (Å²) in [6, 6.07) is 3.67. The first-order chi connectivity index (χ1) is 8.27. The van der Waals surface area contributed by atoms with E-state index in [-0.39, 0.29) is 18.6 Å². The summed E-state index contributed by atoms with van der Waals surface area (Å²) in [5.41, 5.74) is 0.454. The van der Waals surface area contributed by atoms with E-state index in [0.717, 1.165) is 12.8 Å². The van der Waals surface area contributed by atoms with Crippen molar-refractivity contribution >= 4 is 5.91 Å². The number of amides is 1. The molecule has 0 spiro atoms. The number of hydrogen-bond acceptors (Lipinski definition) is 4. The maximum atomic E-state index is 12.3. The Balaban J connectivity index is 2.21. The molecule has 0 unspecified atom stereocenters. The van der Waals surface area contributed by atoms with Crippen molar-refractivity contribution in [3.63, 3.8) is 0 Å². The monoisotopic (exact) mass is 236 g/mol. The minimum absolute atomic E-state index is 0.0230. The summed E-state index contributed by atoms with van der Waals surface area (Å²) >= 11 is 0. The highest BCUT2D eigenvalue weighted by molar-refractivity contribution is 5.96. The summed E-state index contributed by atoms with van der Waals surface area (Å²) in [6.45, 7) is 0.340. The zero-order chi connectivity index (χ0) is 12.3. The first-order valence-electron chi connectivity index (χ1n) is 5.68. The third-order valence-corrected chi connectivity index (χ3v) is 2.78. The summed E-state index contributed by atoms with van der Waals surface area (Å²) in [6.07, 6.45) is 3.60. The predicted octanol–water partition coefficient (Wildman–Crippen LogP) is 0.687. The van der Waals surface area contributed by atoms with Gasteiger partial charge in [0, 0.05) is 18.8 Å². The summed E-state index contributed by atoms with van der Waals surface area (Å²) < 4.78 is 5.07. The maximum Gasteiger partial charge on any atom is 0.259 e. The molecule has 0 saturated heterocycles. The van der Waals surface area contributed by atoms with E-state index in [2.05, 4.69) is 4.98 Å². The van der Waals surface area contributed by atoms with Crippen molar-refractivity contribution in [1.82, 2.24) is 9.88 Å². The molecule has 1 heterocycles. The van der Waals surface area contributed by atoms with Gasteiger partial charge in [0.2, 0.25) is 5.88 Å². The van der Waals surface area contributed by atoms with Crippen molar-refractivity contribution < 1.29 is 14.6 Å². The van der Waals surface area contributed by atoms with Crippen LogP contribution in [0.25, 0.3) is 0 Å². The van der Waals surface area contributed by atoms with Crippen molar-refractivity contribution in [2.45, 2.75) is 18.9 Å². The Bertz CT molecular complexity index is 404. The molecule has 0 atom stereocenters. The van der Waals surface area contributed by atoms with Gasteiger partial charge in [-0.1, -0.05) is 0 Å². The molecule has 1 aliphatic carbocycles. The molecule has 0 bridgehead atoms. The van der Waals surface area contributed by atoms with Crippen LogP contribution >= 0.6 is 0 Å². The quantitative estimate of drug-likeness (QED) is 0.817. The van der Waals surface area contributed by atoms with Gasteiger partial charge in [-0.3, -0.25) is 4.79 Å². The molecule has 0 aromatic carbocycles. The van der Waals surface area contributed by atoms with Crippen LogP contribution in [0.5, 0.6) is 5.88 Å². The van der Waals surface area contributed by atoms with Crippen LogP contribution < -0.4 is 4.74 Å². The Kier molecular flexibility index (Phi) is 3.58. The van der Waals surface area contributed by atoms with Crippen molar-refractivity contribution in [3.8, 4) is 5.88 Å². The van der Waals surface area contributed by atoms with Gasteiger partial charge < -0.3 is 14.7 Å². The molecule has 0 aliphatic heterocycles. The molecule has 1 amide bonds. The fourth-order valence-electron chi connectivity index (χ4n) is 1.81. The van der Waals surface area contributed by atoms with E-state index < -0.39 is 0 Å². The van der Waals surface area contributed by atoms with Gasteiger partial charge in [0.05, 0.1) is 13.7 Å². The second-order valence-electron chi connectivity index (χ2n) is 4.01. The topological polar surface area (TPSA) is 62.7 Å². The Morgan fingerprint density at radius 1 is 1.65 bits per heavy atom. The van der Waals surface area contributed by atoms with Crippen LogP contribution in [-0.4, -0.2) is 47.2 Å². The normalized spacial score (nSPS) is 14.5. The van der Waals surface area contributed by atoms with E-state index in [0.29, 0.717) is 18.0 Å². The van der Waals surface area contributed by atoms with Crippen molar-refractivity contribution in [1.29, 1.82) is 0 Å². The largest absolute Gasteiger partial charge is 0.480 e. The fourth-order valence-corrected chi connectivity index (χ4v) is 1.81. The lowest BCUT2D eigenvalue weighted by molar-refractivity contribution is 0.0703. The molecule has 1 aromatic heterocycles. The van der Waals surface area contributed by atoms with Crippen LogP contribution in [0.2, 0.25) is 0 Å². The molecule has 17 heavy (non-hydrogen) atoms. The maximum absolute atomic E-state index is 12.3. The molecule has 1 aromatic rings. The number of aromatic nitrogens is 1. The van der Waals surface area contributed by atoms with Crippen LogP contribution in [0.4, 0.5) is 0 Å². The Morgan fingerprint density at radius 2 is 2.41 bits per heavy atom. The lowest BCUT2D eigenvalue weighted by Gasteiger charge is -2.21. The Labute approximate surface area is 100 Å². The number of aliphatic hydroxyl groups excluding tert-OH is 1. The van der Waals surface area contributed by atoms with Crippen LogP contribution in [0, 0.1) is 0 Å². The zero-order valence-corrected chi connectivity index (χ0v) is 9.80. The van der Waals surface area contributed by atoms with Crippen LogP contribution in [0.15, 0.2) is 18.3 Å². The summed E-state index contributed by atoms with van der Waals surface area (Å²) in [4.78, 5) is 18.0. The number of methoxy groups -OCH3 is 1. The smallest absolute Gasteiger partial charge is 0.259 e. The molecule has 0 radical (unpaired) electrons. The highest BCUT2D eigenvalue weighted by atomic mass is 16.5. The van der Waals surface area contributed by atoms with Gasteiger partial charge in [0.15, 0.2) is 0 Å². The number of rotatable bonds is 5. The molecule has 5 heteroatoms. The first kappa shape index (κ1) is 11.9. The van der Waals surface area contributed by atoms with Gasteiger partial charge in [0.25, 0.3) is 5.91 Å². The summed E-state index contributed by atoms with van der Waals surface area (Å²) in [5, 5.41) is 8.99. The number of aliphatic hydroxyl groups is 1. The average Bonchev–Trinajstić information content (AvgIpc) is 3.19. The standard InChI is InChI=1S/C12H16N2O3/c1-17-11-10(3-2-6-13-11)12(16)14(7-8-15)9-4-5-9/h2-3,6,9,15H,4-5,7-8H2,1H3.